The minimum absolute atomic E-state index is 0.0325. The Morgan fingerprint density at radius 2 is 1.68 bits per heavy atom. The zero-order valence-corrected chi connectivity index (χ0v) is 18.5. The summed E-state index contributed by atoms with van der Waals surface area (Å²) in [5.41, 5.74) is 4.51. The van der Waals surface area contributed by atoms with E-state index in [1.165, 1.54) is 6.07 Å². The van der Waals surface area contributed by atoms with Gasteiger partial charge in [0, 0.05) is 17.4 Å². The zero-order valence-electron chi connectivity index (χ0n) is 17.8. The summed E-state index contributed by atoms with van der Waals surface area (Å²) in [5.74, 6) is -10.2. The van der Waals surface area contributed by atoms with Gasteiger partial charge in [-0.05, 0) is 53.6 Å². The number of ketones is 4. The van der Waals surface area contributed by atoms with Crippen LogP contribution in [0.3, 0.4) is 0 Å². The average Bonchev–Trinajstić information content (AvgIpc) is 2.77. The highest BCUT2D eigenvalue weighted by atomic mass is 35.5. The van der Waals surface area contributed by atoms with E-state index in [1.807, 2.05) is 0 Å². The molecule has 0 aliphatic heterocycles. The number of nitrogens with two attached hydrogens (primary N) is 1. The normalized spacial score (nSPS) is 30.4. The van der Waals surface area contributed by atoms with E-state index in [2.05, 4.69) is 0 Å². The number of hydrogen-bond donors (Lipinski definition) is 3. The van der Waals surface area contributed by atoms with Crippen LogP contribution < -0.4 is 5.73 Å². The number of phenols is 1. The van der Waals surface area contributed by atoms with Crippen LogP contribution in [-0.2, 0) is 25.6 Å². The van der Waals surface area contributed by atoms with Crippen LogP contribution in [0.15, 0.2) is 36.4 Å². The second-order valence-corrected chi connectivity index (χ2v) is 9.67. The van der Waals surface area contributed by atoms with Crippen molar-refractivity contribution in [3.8, 4) is 16.9 Å². The first-order chi connectivity index (χ1) is 16.1. The van der Waals surface area contributed by atoms with Gasteiger partial charge in [-0.2, -0.15) is 0 Å². The van der Waals surface area contributed by atoms with Crippen LogP contribution in [-0.4, -0.2) is 44.9 Å². The maximum atomic E-state index is 13.5. The number of halogens is 1. The monoisotopic (exact) mass is 481 g/mol. The Balaban J connectivity index is 1.61. The number of hydrogen-bond acceptors (Lipinski definition) is 7. The number of carbonyl (C=O) groups is 5. The maximum Gasteiger partial charge on any atom is 0.235 e. The van der Waals surface area contributed by atoms with E-state index in [4.69, 9.17) is 17.3 Å². The molecule has 0 bridgehead atoms. The first-order valence-electron chi connectivity index (χ1n) is 10.8. The molecule has 0 heterocycles. The number of amides is 1. The molecule has 2 aromatic rings. The Bertz CT molecular complexity index is 1300. The molecule has 9 heteroatoms. The van der Waals surface area contributed by atoms with Crippen LogP contribution >= 0.6 is 11.6 Å². The largest absolute Gasteiger partial charge is 0.507 e. The van der Waals surface area contributed by atoms with Crippen molar-refractivity contribution in [3.05, 3.63) is 52.5 Å². The lowest BCUT2D eigenvalue weighted by molar-refractivity contribution is -0.175. The van der Waals surface area contributed by atoms with E-state index in [9.17, 15) is 34.2 Å². The van der Waals surface area contributed by atoms with Gasteiger partial charge in [-0.25, -0.2) is 0 Å². The second kappa shape index (κ2) is 7.58. The lowest BCUT2D eigenvalue weighted by atomic mass is 9.53. The van der Waals surface area contributed by atoms with Crippen molar-refractivity contribution in [1.29, 1.82) is 0 Å². The van der Waals surface area contributed by atoms with Crippen LogP contribution in [0, 0.1) is 23.7 Å². The summed E-state index contributed by atoms with van der Waals surface area (Å²) in [7, 11) is 0. The predicted octanol–water partition coefficient (Wildman–Crippen LogP) is 1.65. The molecule has 5 atom stereocenters. The first-order valence-corrected chi connectivity index (χ1v) is 11.2. The number of Topliss-reactive ketones (excluding diaryl/α,β-unsaturated/α-hetero) is 4. The number of benzene rings is 2. The van der Waals surface area contributed by atoms with Crippen LogP contribution in [0.1, 0.15) is 28.8 Å². The molecule has 1 amide bonds. The summed E-state index contributed by atoms with van der Waals surface area (Å²) in [5, 5.41) is 22.3. The van der Waals surface area contributed by atoms with E-state index in [-0.39, 0.29) is 30.6 Å². The molecule has 34 heavy (non-hydrogen) atoms. The van der Waals surface area contributed by atoms with Gasteiger partial charge in [0.25, 0.3) is 0 Å². The quantitative estimate of drug-likeness (QED) is 0.551. The minimum Gasteiger partial charge on any atom is -0.507 e. The molecule has 0 aromatic heterocycles. The molecule has 3 aliphatic rings. The number of aromatic hydroxyl groups is 1. The van der Waals surface area contributed by atoms with Gasteiger partial charge in [-0.1, -0.05) is 29.8 Å². The smallest absolute Gasteiger partial charge is 0.235 e. The van der Waals surface area contributed by atoms with Crippen molar-refractivity contribution in [2.75, 3.05) is 0 Å². The summed E-state index contributed by atoms with van der Waals surface area (Å²) in [6.07, 6.45) is -0.0925. The number of fused-ring (bicyclic) bond motifs is 3. The number of phenolic OH excluding ortho intramolecular Hbond substituents is 1. The summed E-state index contributed by atoms with van der Waals surface area (Å²) in [6.45, 7) is 0. The van der Waals surface area contributed by atoms with Gasteiger partial charge in [-0.15, -0.1) is 0 Å². The topological polar surface area (TPSA) is 152 Å². The van der Waals surface area contributed by atoms with Crippen molar-refractivity contribution >= 4 is 40.6 Å². The number of carbonyl (C=O) groups excluding carboxylic acids is 5. The molecule has 2 aromatic carbocycles. The molecular weight excluding hydrogens is 462 g/mol. The highest BCUT2D eigenvalue weighted by molar-refractivity contribution is 6.32. The van der Waals surface area contributed by atoms with Gasteiger partial charge >= 0.3 is 0 Å². The van der Waals surface area contributed by atoms with E-state index < -0.39 is 58.3 Å². The predicted molar refractivity (Wildman–Crippen MR) is 119 cm³/mol. The zero-order chi connectivity index (χ0) is 24.5. The van der Waals surface area contributed by atoms with Crippen LogP contribution in [0.5, 0.6) is 5.75 Å². The molecule has 8 nitrogen and oxygen atoms in total. The van der Waals surface area contributed by atoms with Crippen LogP contribution in [0.2, 0.25) is 5.02 Å². The van der Waals surface area contributed by atoms with Crippen molar-refractivity contribution in [2.24, 2.45) is 29.4 Å². The molecular formula is C25H20ClNO7. The molecule has 5 rings (SSSR count). The first kappa shape index (κ1) is 22.4. The van der Waals surface area contributed by atoms with Crippen molar-refractivity contribution in [1.82, 2.24) is 0 Å². The average molecular weight is 482 g/mol. The van der Waals surface area contributed by atoms with Gasteiger partial charge < -0.3 is 15.9 Å². The SMILES string of the molecule is NC(=O)C1C(=O)C[C@@H]2C[C@@H]3Cc4c(-c5ccc(Cl)cc5)ccc(O)c4C(=O)C3C(=O)[C@]2(O)C1=O. The van der Waals surface area contributed by atoms with E-state index in [0.717, 1.165) is 5.56 Å². The van der Waals surface area contributed by atoms with Gasteiger partial charge in [0.05, 0.1) is 11.5 Å². The molecule has 2 saturated carbocycles. The summed E-state index contributed by atoms with van der Waals surface area (Å²) >= 11 is 5.99. The fourth-order valence-electron chi connectivity index (χ4n) is 5.87. The fourth-order valence-corrected chi connectivity index (χ4v) is 5.99. The molecule has 0 spiro atoms. The highest BCUT2D eigenvalue weighted by Crippen LogP contribution is 2.51. The van der Waals surface area contributed by atoms with Gasteiger partial charge in [0.15, 0.2) is 34.7 Å². The third-order valence-electron chi connectivity index (χ3n) is 7.44. The molecule has 2 unspecified atom stereocenters. The van der Waals surface area contributed by atoms with Crippen molar-refractivity contribution < 1.29 is 34.2 Å². The van der Waals surface area contributed by atoms with Crippen LogP contribution in [0.25, 0.3) is 11.1 Å². The summed E-state index contributed by atoms with van der Waals surface area (Å²) in [4.78, 5) is 64.1. The Morgan fingerprint density at radius 1 is 1.00 bits per heavy atom. The summed E-state index contributed by atoms with van der Waals surface area (Å²) in [6, 6.07) is 9.98. The van der Waals surface area contributed by atoms with Gasteiger partial charge in [0.1, 0.15) is 5.75 Å². The van der Waals surface area contributed by atoms with Crippen LogP contribution in [0.4, 0.5) is 0 Å². The maximum absolute atomic E-state index is 13.5. The Kier molecular flexibility index (Phi) is 5.00. The third kappa shape index (κ3) is 2.98. The van der Waals surface area contributed by atoms with E-state index in [1.54, 1.807) is 30.3 Å². The Hall–Kier alpha value is -3.36. The molecule has 2 fully saturated rings. The minimum atomic E-state index is -2.65. The molecule has 0 saturated heterocycles. The van der Waals surface area contributed by atoms with E-state index >= 15 is 0 Å². The second-order valence-electron chi connectivity index (χ2n) is 9.23. The highest BCUT2D eigenvalue weighted by Gasteiger charge is 2.66. The van der Waals surface area contributed by atoms with Crippen molar-refractivity contribution in [2.45, 2.75) is 24.9 Å². The fraction of sp³-hybridized carbons (Fsp3) is 0.320. The lowest BCUT2D eigenvalue weighted by Gasteiger charge is -2.48. The molecule has 174 valence electrons. The molecule has 0 radical (unpaired) electrons. The standard InChI is InChI=1S/C25H20ClNO7/c26-13-3-1-10(2-4-13)14-5-6-16(28)19-15(14)8-11-7-12-9-17(29)20(24(27)33)23(32)25(12,34)22(31)18(11)21(19)30/h1-6,11-12,18,20,28,34H,7-9H2,(H2,27,33)/t11-,12+,18?,20?,25+/m1/s1. The molecule has 3 aliphatic carbocycles. The van der Waals surface area contributed by atoms with Gasteiger partial charge in [0.2, 0.25) is 5.91 Å². The lowest BCUT2D eigenvalue weighted by Crippen LogP contribution is -2.68. The number of aliphatic hydroxyl groups is 1. The number of primary amides is 1. The van der Waals surface area contributed by atoms with E-state index in [0.29, 0.717) is 16.1 Å². The third-order valence-corrected chi connectivity index (χ3v) is 7.69. The Morgan fingerprint density at radius 3 is 2.32 bits per heavy atom. The molecule has 4 N–H and O–H groups in total. The summed E-state index contributed by atoms with van der Waals surface area (Å²) < 4.78 is 0. The van der Waals surface area contributed by atoms with Gasteiger partial charge in [-0.3, -0.25) is 24.0 Å². The Labute approximate surface area is 198 Å². The number of rotatable bonds is 2. The van der Waals surface area contributed by atoms with Crippen molar-refractivity contribution in [3.63, 3.8) is 0 Å².